The van der Waals surface area contributed by atoms with E-state index in [1.165, 1.54) is 28.8 Å². The van der Waals surface area contributed by atoms with Crippen LogP contribution in [0.1, 0.15) is 10.4 Å². The second-order valence-electron chi connectivity index (χ2n) is 7.13. The molecule has 0 saturated carbocycles. The first-order valence-corrected chi connectivity index (χ1v) is 11.8. The molecule has 0 spiro atoms. The molecule has 1 amide bonds. The first kappa shape index (κ1) is 22.3. The number of carbonyl (C=O) groups is 2. The van der Waals surface area contributed by atoms with Crippen molar-refractivity contribution in [3.8, 4) is 0 Å². The minimum Gasteiger partial charge on any atom is -0.368 e. The van der Waals surface area contributed by atoms with E-state index in [4.69, 9.17) is 35.4 Å². The fraction of sp³-hybridized carbons (Fsp3) is 0.286. The van der Waals surface area contributed by atoms with Crippen molar-refractivity contribution in [3.63, 3.8) is 0 Å². The van der Waals surface area contributed by atoms with E-state index in [0.717, 1.165) is 42.3 Å². The first-order valence-electron chi connectivity index (χ1n) is 9.62. The highest BCUT2D eigenvalue weighted by Gasteiger charge is 2.35. The van der Waals surface area contributed by atoms with Gasteiger partial charge in [-0.25, -0.2) is 4.39 Å². The average molecular weight is 498 g/mol. The number of halogens is 3. The second kappa shape index (κ2) is 9.32. The summed E-state index contributed by atoms with van der Waals surface area (Å²) in [6, 6.07) is 9.45. The van der Waals surface area contributed by atoms with Gasteiger partial charge in [0.25, 0.3) is 11.7 Å². The minimum atomic E-state index is -0.666. The molecule has 0 bridgehead atoms. The Morgan fingerprint density at radius 1 is 1.03 bits per heavy atom. The van der Waals surface area contributed by atoms with E-state index in [1.807, 2.05) is 12.1 Å². The van der Waals surface area contributed by atoms with Crippen molar-refractivity contribution in [2.45, 2.75) is 0 Å². The van der Waals surface area contributed by atoms with Crippen molar-refractivity contribution in [1.82, 2.24) is 4.90 Å². The number of thiocarbonyl (C=S) groups is 1. The van der Waals surface area contributed by atoms with Gasteiger partial charge in [0, 0.05) is 44.2 Å². The van der Waals surface area contributed by atoms with Crippen molar-refractivity contribution in [2.75, 3.05) is 48.3 Å². The lowest BCUT2D eigenvalue weighted by Crippen LogP contribution is -2.47. The number of fused-ring (bicyclic) bond motifs is 1. The number of rotatable bonds is 4. The Labute approximate surface area is 199 Å². The molecule has 0 atom stereocenters. The van der Waals surface area contributed by atoms with Crippen LogP contribution in [0.2, 0.25) is 10.0 Å². The Bertz CT molecular complexity index is 1060. The molecule has 0 unspecified atom stereocenters. The third kappa shape index (κ3) is 4.67. The van der Waals surface area contributed by atoms with Crippen LogP contribution in [0.3, 0.4) is 0 Å². The molecule has 1 fully saturated rings. The molecule has 1 saturated heterocycles. The van der Waals surface area contributed by atoms with E-state index in [0.29, 0.717) is 28.0 Å². The van der Waals surface area contributed by atoms with Gasteiger partial charge in [-0.15, -0.1) is 0 Å². The van der Waals surface area contributed by atoms with Gasteiger partial charge in [0.15, 0.2) is 0 Å². The molecule has 2 aliphatic heterocycles. The van der Waals surface area contributed by atoms with Crippen LogP contribution in [0.4, 0.5) is 15.8 Å². The fourth-order valence-corrected chi connectivity index (χ4v) is 5.18. The summed E-state index contributed by atoms with van der Waals surface area (Å²) < 4.78 is 14.2. The zero-order valence-electron chi connectivity index (χ0n) is 16.3. The zero-order valence-corrected chi connectivity index (χ0v) is 19.5. The molecule has 0 aromatic heterocycles. The largest absolute Gasteiger partial charge is 0.368 e. The van der Waals surface area contributed by atoms with Crippen LogP contribution in [0.15, 0.2) is 36.4 Å². The maximum absolute atomic E-state index is 13.4. The number of Topliss-reactive ketones (excluding diaryl/α,β-unsaturated/α-hetero) is 1. The van der Waals surface area contributed by atoms with Gasteiger partial charge in [0.1, 0.15) is 10.1 Å². The Morgan fingerprint density at radius 2 is 1.77 bits per heavy atom. The maximum atomic E-state index is 13.4. The Morgan fingerprint density at radius 3 is 2.48 bits per heavy atom. The van der Waals surface area contributed by atoms with E-state index in [1.54, 1.807) is 6.07 Å². The fourth-order valence-electron chi connectivity index (χ4n) is 3.64. The second-order valence-corrected chi connectivity index (χ2v) is 9.68. The number of hydrogen-bond donors (Lipinski definition) is 0. The summed E-state index contributed by atoms with van der Waals surface area (Å²) in [6.45, 7) is 3.48. The summed E-state index contributed by atoms with van der Waals surface area (Å²) in [7, 11) is 0. The van der Waals surface area contributed by atoms with Gasteiger partial charge in [-0.05, 0) is 36.4 Å². The molecule has 2 heterocycles. The molecule has 2 aliphatic rings. The molecular formula is C21H18Cl2FN3O2S2. The zero-order chi connectivity index (χ0) is 22.1. The van der Waals surface area contributed by atoms with Crippen LogP contribution in [0, 0.1) is 5.82 Å². The SMILES string of the molecule is O=C1C(=O)N(CCSC(=S)N2CCN(c3ccc(Cl)c(Cl)c3)CC2)c2ccc(F)cc21. The van der Waals surface area contributed by atoms with Crippen molar-refractivity contribution >= 4 is 74.6 Å². The van der Waals surface area contributed by atoms with Crippen molar-refractivity contribution in [2.24, 2.45) is 0 Å². The van der Waals surface area contributed by atoms with Crippen molar-refractivity contribution < 1.29 is 14.0 Å². The number of benzene rings is 2. The number of nitrogens with zero attached hydrogens (tertiary/aromatic N) is 3. The number of carbonyl (C=O) groups excluding carboxylic acids is 2. The summed E-state index contributed by atoms with van der Waals surface area (Å²) in [5, 5.41) is 1.07. The van der Waals surface area contributed by atoms with Crippen LogP contribution in [-0.2, 0) is 4.79 Å². The number of thioether (sulfide) groups is 1. The molecule has 162 valence electrons. The maximum Gasteiger partial charge on any atom is 0.299 e. The third-order valence-corrected chi connectivity index (χ3v) is 7.52. The van der Waals surface area contributed by atoms with Gasteiger partial charge < -0.3 is 14.7 Å². The summed E-state index contributed by atoms with van der Waals surface area (Å²) in [6.07, 6.45) is 0. The lowest BCUT2D eigenvalue weighted by Gasteiger charge is -2.37. The Hall–Kier alpha value is -1.87. The molecule has 2 aromatic rings. The van der Waals surface area contributed by atoms with Gasteiger partial charge in [0.05, 0.1) is 21.3 Å². The predicted octanol–water partition coefficient (Wildman–Crippen LogP) is 4.50. The quantitative estimate of drug-likeness (QED) is 0.457. The number of amides is 1. The molecule has 5 nitrogen and oxygen atoms in total. The van der Waals surface area contributed by atoms with Crippen LogP contribution < -0.4 is 9.80 Å². The highest BCUT2D eigenvalue weighted by molar-refractivity contribution is 8.22. The highest BCUT2D eigenvalue weighted by Crippen LogP contribution is 2.30. The lowest BCUT2D eigenvalue weighted by molar-refractivity contribution is -0.114. The molecule has 0 radical (unpaired) electrons. The smallest absolute Gasteiger partial charge is 0.299 e. The van der Waals surface area contributed by atoms with Gasteiger partial charge in [0.2, 0.25) is 0 Å². The minimum absolute atomic E-state index is 0.121. The summed E-state index contributed by atoms with van der Waals surface area (Å²) in [5.74, 6) is -1.28. The molecule has 31 heavy (non-hydrogen) atoms. The lowest BCUT2D eigenvalue weighted by atomic mass is 10.1. The van der Waals surface area contributed by atoms with E-state index in [9.17, 15) is 14.0 Å². The number of hydrogen-bond acceptors (Lipinski definition) is 5. The molecule has 0 aliphatic carbocycles. The first-order chi connectivity index (χ1) is 14.8. The van der Waals surface area contributed by atoms with Gasteiger partial charge >= 0.3 is 0 Å². The van der Waals surface area contributed by atoms with Crippen LogP contribution in [0.25, 0.3) is 0 Å². The standard InChI is InChI=1S/C21H18Cl2FN3O2S2/c22-16-3-2-14(12-17(16)23)25-5-7-26(8-6-25)21(30)31-10-9-27-18-4-1-13(24)11-15(18)19(28)20(27)29/h1-4,11-12H,5-10H2. The van der Waals surface area contributed by atoms with Crippen LogP contribution >= 0.6 is 47.2 Å². The number of piperazine rings is 1. The van der Waals surface area contributed by atoms with Crippen LogP contribution in [-0.4, -0.2) is 59.4 Å². The average Bonchev–Trinajstić information content (AvgIpc) is 3.00. The predicted molar refractivity (Wildman–Crippen MR) is 128 cm³/mol. The van der Waals surface area contributed by atoms with Crippen molar-refractivity contribution in [1.29, 1.82) is 0 Å². The molecule has 2 aromatic carbocycles. The molecule has 4 rings (SSSR count). The Balaban J connectivity index is 1.28. The van der Waals surface area contributed by atoms with E-state index in [-0.39, 0.29) is 5.56 Å². The van der Waals surface area contributed by atoms with E-state index in [2.05, 4.69) is 9.80 Å². The Kier molecular flexibility index (Phi) is 6.71. The van der Waals surface area contributed by atoms with Gasteiger partial charge in [-0.3, -0.25) is 9.59 Å². The van der Waals surface area contributed by atoms with Crippen molar-refractivity contribution in [3.05, 3.63) is 57.8 Å². The molecule has 0 N–H and O–H groups in total. The van der Waals surface area contributed by atoms with Gasteiger partial charge in [-0.1, -0.05) is 47.2 Å². The molecule has 10 heteroatoms. The summed E-state index contributed by atoms with van der Waals surface area (Å²) >= 11 is 19.2. The molecular weight excluding hydrogens is 480 g/mol. The van der Waals surface area contributed by atoms with Crippen LogP contribution in [0.5, 0.6) is 0 Å². The number of ketones is 1. The van der Waals surface area contributed by atoms with Gasteiger partial charge in [-0.2, -0.15) is 0 Å². The number of anilines is 2. The summed E-state index contributed by atoms with van der Waals surface area (Å²) in [5.41, 5.74) is 1.61. The normalized spacial score (nSPS) is 16.2. The topological polar surface area (TPSA) is 43.9 Å². The highest BCUT2D eigenvalue weighted by atomic mass is 35.5. The van der Waals surface area contributed by atoms with E-state index >= 15 is 0 Å². The monoisotopic (exact) mass is 497 g/mol. The summed E-state index contributed by atoms with van der Waals surface area (Å²) in [4.78, 5) is 30.1. The third-order valence-electron chi connectivity index (χ3n) is 5.28. The van der Waals surface area contributed by atoms with E-state index < -0.39 is 17.5 Å².